The van der Waals surface area contributed by atoms with E-state index >= 15 is 0 Å². The van der Waals surface area contributed by atoms with Gasteiger partial charge in [-0.1, -0.05) is 24.3 Å². The summed E-state index contributed by atoms with van der Waals surface area (Å²) in [5, 5.41) is 10.4. The first kappa shape index (κ1) is 17.7. The first-order valence-electron chi connectivity index (χ1n) is 8.38. The Hall–Kier alpha value is -1.69. The molecule has 1 fully saturated rings. The summed E-state index contributed by atoms with van der Waals surface area (Å²) in [5.41, 5.74) is 1.07. The van der Waals surface area contributed by atoms with Gasteiger partial charge in [0.15, 0.2) is 0 Å². The summed E-state index contributed by atoms with van der Waals surface area (Å²) in [5.74, 6) is 0. The fourth-order valence-corrected chi connectivity index (χ4v) is 6.10. The maximum Gasteiger partial charge on any atom is 0.245 e. The van der Waals surface area contributed by atoms with E-state index in [4.69, 9.17) is 0 Å². The van der Waals surface area contributed by atoms with Crippen LogP contribution in [0.3, 0.4) is 0 Å². The predicted octanol–water partition coefficient (Wildman–Crippen LogP) is 2.73. The fraction of sp³-hybridized carbons (Fsp3) is 0.467. The number of hydrogen-bond donors (Lipinski definition) is 0. The van der Waals surface area contributed by atoms with Crippen molar-refractivity contribution in [2.75, 3.05) is 31.1 Å². The Morgan fingerprint density at radius 1 is 1.12 bits per heavy atom. The number of nitrogens with zero attached hydrogens (tertiary/aromatic N) is 6. The second kappa shape index (κ2) is 7.14. The second-order valence-corrected chi connectivity index (χ2v) is 9.48. The van der Waals surface area contributed by atoms with Gasteiger partial charge >= 0.3 is 0 Å². The van der Waals surface area contributed by atoms with Gasteiger partial charge in [-0.2, -0.15) is 13.0 Å². The van der Waals surface area contributed by atoms with Crippen LogP contribution in [0.2, 0.25) is 0 Å². The smallest absolute Gasteiger partial charge is 0.245 e. The number of aromatic nitrogens is 2. The molecule has 2 aliphatic rings. The number of sulfonamides is 1. The van der Waals surface area contributed by atoms with E-state index in [1.54, 1.807) is 29.5 Å². The normalized spacial score (nSPS) is 17.3. The minimum atomic E-state index is -3.59. The lowest BCUT2D eigenvalue weighted by atomic mass is 10.3. The molecular formula is C15H18N6O2S3. The van der Waals surface area contributed by atoms with Gasteiger partial charge in [-0.15, -0.1) is 10.2 Å². The van der Waals surface area contributed by atoms with E-state index in [1.807, 2.05) is 0 Å². The first-order valence-corrected chi connectivity index (χ1v) is 11.4. The predicted molar refractivity (Wildman–Crippen MR) is 103 cm³/mol. The van der Waals surface area contributed by atoms with Gasteiger partial charge < -0.3 is 4.90 Å². The molecule has 0 bridgehead atoms. The molecule has 0 radical (unpaired) electrons. The Morgan fingerprint density at radius 3 is 2.69 bits per heavy atom. The summed E-state index contributed by atoms with van der Waals surface area (Å²) >= 11 is 2.62. The van der Waals surface area contributed by atoms with E-state index in [0.29, 0.717) is 37.6 Å². The molecule has 8 nitrogen and oxygen atoms in total. The van der Waals surface area contributed by atoms with E-state index < -0.39 is 10.0 Å². The van der Waals surface area contributed by atoms with Crippen LogP contribution in [-0.2, 0) is 27.8 Å². The van der Waals surface area contributed by atoms with Crippen molar-refractivity contribution in [3.05, 3.63) is 23.2 Å². The first-order chi connectivity index (χ1) is 12.6. The molecule has 0 atom stereocenters. The second-order valence-electron chi connectivity index (χ2n) is 6.01. The number of rotatable bonds is 5. The Morgan fingerprint density at radius 2 is 1.92 bits per heavy atom. The molecule has 26 heavy (non-hydrogen) atoms. The van der Waals surface area contributed by atoms with Crippen molar-refractivity contribution in [2.45, 2.75) is 24.7 Å². The van der Waals surface area contributed by atoms with Crippen LogP contribution in [0.4, 0.5) is 16.5 Å². The van der Waals surface area contributed by atoms with Crippen molar-refractivity contribution in [2.24, 2.45) is 8.73 Å². The number of benzene rings is 1. The number of anilines is 1. The zero-order valence-corrected chi connectivity index (χ0v) is 16.6. The van der Waals surface area contributed by atoms with Crippen LogP contribution in [0.25, 0.3) is 0 Å². The van der Waals surface area contributed by atoms with E-state index in [9.17, 15) is 8.42 Å². The van der Waals surface area contributed by atoms with Crippen molar-refractivity contribution in [3.8, 4) is 0 Å². The lowest BCUT2D eigenvalue weighted by Gasteiger charge is -2.33. The molecule has 11 heteroatoms. The van der Waals surface area contributed by atoms with E-state index in [1.165, 1.54) is 4.31 Å². The molecule has 0 saturated carbocycles. The molecule has 1 saturated heterocycles. The van der Waals surface area contributed by atoms with Gasteiger partial charge in [-0.05, 0) is 18.6 Å². The summed E-state index contributed by atoms with van der Waals surface area (Å²) in [6.45, 7) is 4.15. The van der Waals surface area contributed by atoms with Gasteiger partial charge in [-0.25, -0.2) is 8.42 Å². The summed E-state index contributed by atoms with van der Waals surface area (Å²) < 4.78 is 35.9. The van der Waals surface area contributed by atoms with Crippen LogP contribution in [0, 0.1) is 0 Å². The molecule has 0 N–H and O–H groups in total. The van der Waals surface area contributed by atoms with Gasteiger partial charge in [0.1, 0.15) is 21.3 Å². The molecule has 0 spiro atoms. The van der Waals surface area contributed by atoms with Crippen LogP contribution in [0.5, 0.6) is 0 Å². The van der Waals surface area contributed by atoms with Gasteiger partial charge in [0.25, 0.3) is 0 Å². The van der Waals surface area contributed by atoms with E-state index in [2.05, 4.69) is 30.7 Å². The Bertz CT molecular complexity index is 989. The van der Waals surface area contributed by atoms with Gasteiger partial charge in [-0.3, -0.25) is 0 Å². The van der Waals surface area contributed by atoms with Crippen LogP contribution in [0.15, 0.2) is 31.8 Å². The van der Waals surface area contributed by atoms with E-state index in [0.717, 1.165) is 34.3 Å². The highest BCUT2D eigenvalue weighted by Crippen LogP contribution is 2.38. The van der Waals surface area contributed by atoms with Crippen molar-refractivity contribution in [3.63, 3.8) is 0 Å². The zero-order valence-electron chi connectivity index (χ0n) is 14.2. The van der Waals surface area contributed by atoms with Crippen molar-refractivity contribution in [1.82, 2.24) is 14.5 Å². The molecule has 3 heterocycles. The average molecular weight is 411 g/mol. The van der Waals surface area contributed by atoms with Crippen LogP contribution < -0.4 is 4.90 Å². The third-order valence-corrected chi connectivity index (χ3v) is 7.81. The average Bonchev–Trinajstić information content (AvgIpc) is 3.31. The highest BCUT2D eigenvalue weighted by molar-refractivity contribution is 7.89. The largest absolute Gasteiger partial charge is 0.344 e. The highest BCUT2D eigenvalue weighted by Gasteiger charge is 2.32. The third-order valence-electron chi connectivity index (χ3n) is 4.30. The maximum absolute atomic E-state index is 13.1. The molecule has 4 rings (SSSR count). The molecule has 1 aromatic carbocycles. The molecule has 0 unspecified atom stereocenters. The summed E-state index contributed by atoms with van der Waals surface area (Å²) in [6, 6.07) is 5.09. The molecule has 1 aromatic heterocycles. The zero-order chi connectivity index (χ0) is 18.1. The van der Waals surface area contributed by atoms with Crippen molar-refractivity contribution >= 4 is 49.2 Å². The SMILES string of the molecule is CCCc1nnc(N2CCN(S(=O)(=O)c3cccc4c3N=S=N4)CC2)s1. The minimum Gasteiger partial charge on any atom is -0.344 e. The minimum absolute atomic E-state index is 0.235. The number of aryl methyl sites for hydroxylation is 1. The van der Waals surface area contributed by atoms with Crippen molar-refractivity contribution < 1.29 is 8.42 Å². The van der Waals surface area contributed by atoms with Crippen LogP contribution in [0.1, 0.15) is 18.4 Å². The molecule has 2 aliphatic heterocycles. The van der Waals surface area contributed by atoms with Gasteiger partial charge in [0.05, 0.1) is 11.4 Å². The maximum atomic E-state index is 13.1. The Balaban J connectivity index is 1.49. The molecular weight excluding hydrogens is 392 g/mol. The summed E-state index contributed by atoms with van der Waals surface area (Å²) in [6.07, 6.45) is 1.97. The molecule has 0 aliphatic carbocycles. The van der Waals surface area contributed by atoms with Crippen LogP contribution in [-0.4, -0.2) is 49.1 Å². The lowest BCUT2D eigenvalue weighted by Crippen LogP contribution is -2.48. The van der Waals surface area contributed by atoms with Gasteiger partial charge in [0.2, 0.25) is 15.2 Å². The van der Waals surface area contributed by atoms with Gasteiger partial charge in [0, 0.05) is 32.6 Å². The number of hydrogen-bond acceptors (Lipinski definition) is 8. The molecule has 0 amide bonds. The van der Waals surface area contributed by atoms with E-state index in [-0.39, 0.29) is 4.90 Å². The number of fused-ring (bicyclic) bond motifs is 1. The van der Waals surface area contributed by atoms with Crippen molar-refractivity contribution in [1.29, 1.82) is 0 Å². The molecule has 138 valence electrons. The standard InChI is InChI=1S/C15H18N6O2S3/c1-2-4-13-16-17-15(24-13)20-7-9-21(10-8-20)26(22,23)12-6-3-5-11-14(12)19-25-18-11/h3,5-6H,2,4,7-10H2,1H3. The summed E-state index contributed by atoms with van der Waals surface area (Å²) in [4.78, 5) is 2.34. The fourth-order valence-electron chi connectivity index (χ4n) is 2.94. The summed E-state index contributed by atoms with van der Waals surface area (Å²) in [7, 11) is -3.59. The lowest BCUT2D eigenvalue weighted by molar-refractivity contribution is 0.384. The topological polar surface area (TPSA) is 91.1 Å². The third kappa shape index (κ3) is 3.20. The Labute approximate surface area is 159 Å². The molecule has 2 aromatic rings. The quantitative estimate of drug-likeness (QED) is 0.645. The monoisotopic (exact) mass is 410 g/mol. The highest BCUT2D eigenvalue weighted by atomic mass is 32.2. The van der Waals surface area contributed by atoms with Crippen LogP contribution >= 0.6 is 11.3 Å². The number of piperazine rings is 1. The Kier molecular flexibility index (Phi) is 4.86.